The van der Waals surface area contributed by atoms with E-state index in [9.17, 15) is 9.90 Å². The maximum absolute atomic E-state index is 11.8. The molecule has 2 unspecified atom stereocenters. The van der Waals surface area contributed by atoms with E-state index in [1.165, 1.54) is 0 Å². The molecule has 0 fully saturated rings. The van der Waals surface area contributed by atoms with Crippen molar-refractivity contribution >= 4 is 6.03 Å². The molecule has 0 aromatic rings. The van der Waals surface area contributed by atoms with Gasteiger partial charge in [0.25, 0.3) is 0 Å². The highest BCUT2D eigenvalue weighted by atomic mass is 16.3. The van der Waals surface area contributed by atoms with Crippen LogP contribution in [0.15, 0.2) is 0 Å². The normalized spacial score (nSPS) is 15.1. The predicted octanol–water partition coefficient (Wildman–Crippen LogP) is 2.61. The summed E-state index contributed by atoms with van der Waals surface area (Å²) in [6, 6.07) is 0.128. The number of carbonyl (C=O) groups is 1. The highest BCUT2D eigenvalue weighted by Crippen LogP contribution is 2.21. The quantitative estimate of drug-likeness (QED) is 0.769. The molecule has 0 rings (SSSR count). The van der Waals surface area contributed by atoms with E-state index in [2.05, 4.69) is 26.1 Å². The van der Waals surface area contributed by atoms with Crippen molar-refractivity contribution in [1.82, 2.24) is 10.2 Å². The van der Waals surface area contributed by atoms with Crippen LogP contribution in [0, 0.1) is 5.41 Å². The molecule has 2 atom stereocenters. The molecule has 2 N–H and O–H groups in total. The van der Waals surface area contributed by atoms with Gasteiger partial charge in [0.15, 0.2) is 0 Å². The minimum absolute atomic E-state index is 0.0583. The zero-order valence-corrected chi connectivity index (χ0v) is 12.8. The molecule has 0 bridgehead atoms. The summed E-state index contributed by atoms with van der Waals surface area (Å²) in [5.74, 6) is 0. The fourth-order valence-corrected chi connectivity index (χ4v) is 1.52. The van der Waals surface area contributed by atoms with Gasteiger partial charge in [-0.2, -0.15) is 0 Å². The third-order valence-electron chi connectivity index (χ3n) is 2.93. The highest BCUT2D eigenvalue weighted by molar-refractivity contribution is 5.74. The Bertz CT molecular complexity index is 247. The molecule has 4 nitrogen and oxygen atoms in total. The number of amides is 2. The number of nitrogens with zero attached hydrogens (tertiary/aromatic N) is 1. The lowest BCUT2D eigenvalue weighted by molar-refractivity contribution is 0.162. The Hall–Kier alpha value is -0.770. The molecule has 0 aromatic carbocycles. The Kier molecular flexibility index (Phi) is 7.29. The van der Waals surface area contributed by atoms with Crippen molar-refractivity contribution in [2.45, 2.75) is 66.0 Å². The van der Waals surface area contributed by atoms with E-state index in [1.807, 2.05) is 6.92 Å². The molecular formula is C14H30N2O2. The maximum Gasteiger partial charge on any atom is 0.317 e. The zero-order chi connectivity index (χ0) is 14.3. The van der Waals surface area contributed by atoms with E-state index >= 15 is 0 Å². The van der Waals surface area contributed by atoms with Gasteiger partial charge in [0, 0.05) is 19.6 Å². The third kappa shape index (κ3) is 9.28. The second-order valence-corrected chi connectivity index (χ2v) is 6.51. The van der Waals surface area contributed by atoms with Gasteiger partial charge in [0.05, 0.1) is 6.10 Å². The fourth-order valence-electron chi connectivity index (χ4n) is 1.52. The number of carbonyl (C=O) groups excluding carboxylic acids is 1. The van der Waals surface area contributed by atoms with Crippen LogP contribution in [0.2, 0.25) is 0 Å². The Morgan fingerprint density at radius 2 is 1.83 bits per heavy atom. The van der Waals surface area contributed by atoms with E-state index in [1.54, 1.807) is 18.9 Å². The summed E-state index contributed by atoms with van der Waals surface area (Å²) in [4.78, 5) is 13.4. The number of aliphatic hydroxyl groups excluding tert-OH is 1. The molecule has 2 amide bonds. The number of nitrogens with one attached hydrogen (secondary N) is 1. The van der Waals surface area contributed by atoms with Crippen molar-refractivity contribution in [2.24, 2.45) is 5.41 Å². The van der Waals surface area contributed by atoms with E-state index in [4.69, 9.17) is 0 Å². The standard InChI is InChI=1S/C14H30N2O2/c1-11(7-9-14(3,4)5)15-13(18)16(6)10-8-12(2)17/h11-12,17H,7-10H2,1-6H3,(H,15,18). The summed E-state index contributed by atoms with van der Waals surface area (Å²) in [7, 11) is 1.76. The molecule has 0 saturated heterocycles. The van der Waals surface area contributed by atoms with E-state index in [0.717, 1.165) is 12.8 Å². The number of hydrogen-bond acceptors (Lipinski definition) is 2. The van der Waals surface area contributed by atoms with Crippen molar-refractivity contribution in [3.05, 3.63) is 0 Å². The Labute approximate surface area is 112 Å². The molecule has 4 heteroatoms. The molecule has 18 heavy (non-hydrogen) atoms. The Morgan fingerprint density at radius 1 is 1.28 bits per heavy atom. The first-order valence-corrected chi connectivity index (χ1v) is 6.81. The molecular weight excluding hydrogens is 228 g/mol. The molecule has 0 aromatic heterocycles. The summed E-state index contributed by atoms with van der Waals surface area (Å²) in [5.41, 5.74) is 0.303. The van der Waals surface area contributed by atoms with Gasteiger partial charge in [-0.15, -0.1) is 0 Å². The van der Waals surface area contributed by atoms with Crippen LogP contribution in [0.3, 0.4) is 0 Å². The fraction of sp³-hybridized carbons (Fsp3) is 0.929. The summed E-state index contributed by atoms with van der Waals surface area (Å²) >= 11 is 0. The summed E-state index contributed by atoms with van der Waals surface area (Å²) < 4.78 is 0. The molecule has 0 aliphatic rings. The van der Waals surface area contributed by atoms with Gasteiger partial charge in [-0.05, 0) is 38.5 Å². The lowest BCUT2D eigenvalue weighted by Crippen LogP contribution is -2.43. The average molecular weight is 258 g/mol. The summed E-state index contributed by atoms with van der Waals surface area (Å²) in [6.45, 7) is 11.0. The zero-order valence-electron chi connectivity index (χ0n) is 12.8. The van der Waals surface area contributed by atoms with Crippen molar-refractivity contribution in [3.63, 3.8) is 0 Å². The minimum Gasteiger partial charge on any atom is -0.393 e. The van der Waals surface area contributed by atoms with Crippen LogP contribution in [0.1, 0.15) is 53.9 Å². The van der Waals surface area contributed by atoms with E-state index in [-0.39, 0.29) is 18.2 Å². The molecule has 0 spiro atoms. The van der Waals surface area contributed by atoms with Crippen LogP contribution in [-0.2, 0) is 0 Å². The van der Waals surface area contributed by atoms with E-state index in [0.29, 0.717) is 18.4 Å². The summed E-state index contributed by atoms with van der Waals surface area (Å²) in [6.07, 6.45) is 2.32. The van der Waals surface area contributed by atoms with Crippen LogP contribution in [0.25, 0.3) is 0 Å². The molecule has 0 saturated carbocycles. The van der Waals surface area contributed by atoms with E-state index < -0.39 is 0 Å². The van der Waals surface area contributed by atoms with Crippen molar-refractivity contribution in [3.8, 4) is 0 Å². The van der Waals surface area contributed by atoms with Crippen molar-refractivity contribution in [2.75, 3.05) is 13.6 Å². The molecule has 108 valence electrons. The van der Waals surface area contributed by atoms with Crippen LogP contribution >= 0.6 is 0 Å². The van der Waals surface area contributed by atoms with Gasteiger partial charge in [0.2, 0.25) is 0 Å². The number of urea groups is 1. The molecule has 0 heterocycles. The van der Waals surface area contributed by atoms with Gasteiger partial charge in [-0.1, -0.05) is 20.8 Å². The first kappa shape index (κ1) is 17.2. The Morgan fingerprint density at radius 3 is 2.28 bits per heavy atom. The number of hydrogen-bond donors (Lipinski definition) is 2. The molecule has 0 radical (unpaired) electrons. The molecule has 0 aliphatic carbocycles. The average Bonchev–Trinajstić information content (AvgIpc) is 2.21. The smallest absolute Gasteiger partial charge is 0.317 e. The first-order chi connectivity index (χ1) is 8.11. The number of rotatable bonds is 6. The van der Waals surface area contributed by atoms with Crippen molar-refractivity contribution in [1.29, 1.82) is 0 Å². The van der Waals surface area contributed by atoms with Gasteiger partial charge >= 0.3 is 6.03 Å². The van der Waals surface area contributed by atoms with Crippen LogP contribution < -0.4 is 5.32 Å². The van der Waals surface area contributed by atoms with Crippen LogP contribution in [-0.4, -0.2) is 41.8 Å². The number of aliphatic hydroxyl groups is 1. The first-order valence-electron chi connectivity index (χ1n) is 6.81. The lowest BCUT2D eigenvalue weighted by Gasteiger charge is -2.24. The van der Waals surface area contributed by atoms with Gasteiger partial charge in [-0.3, -0.25) is 0 Å². The lowest BCUT2D eigenvalue weighted by atomic mass is 9.89. The predicted molar refractivity (Wildman–Crippen MR) is 75.6 cm³/mol. The van der Waals surface area contributed by atoms with Gasteiger partial charge in [0.1, 0.15) is 0 Å². The second-order valence-electron chi connectivity index (χ2n) is 6.51. The molecule has 0 aliphatic heterocycles. The minimum atomic E-state index is -0.362. The van der Waals surface area contributed by atoms with Gasteiger partial charge < -0.3 is 15.3 Å². The van der Waals surface area contributed by atoms with Crippen LogP contribution in [0.4, 0.5) is 4.79 Å². The summed E-state index contributed by atoms with van der Waals surface area (Å²) in [5, 5.41) is 12.2. The van der Waals surface area contributed by atoms with Crippen molar-refractivity contribution < 1.29 is 9.90 Å². The highest BCUT2D eigenvalue weighted by Gasteiger charge is 2.15. The topological polar surface area (TPSA) is 52.6 Å². The third-order valence-corrected chi connectivity index (χ3v) is 2.93. The second kappa shape index (κ2) is 7.62. The van der Waals surface area contributed by atoms with Gasteiger partial charge in [-0.25, -0.2) is 4.79 Å². The SMILES string of the molecule is CC(O)CCN(C)C(=O)NC(C)CCC(C)(C)C. The largest absolute Gasteiger partial charge is 0.393 e. The maximum atomic E-state index is 11.8. The Balaban J connectivity index is 3.92. The monoisotopic (exact) mass is 258 g/mol. The van der Waals surface area contributed by atoms with Crippen LogP contribution in [0.5, 0.6) is 0 Å².